The Kier molecular flexibility index (Phi) is 2.29. The van der Waals surface area contributed by atoms with Crippen LogP contribution in [0.2, 0.25) is 0 Å². The molecule has 1 N–H and O–H groups in total. The molecule has 16 heavy (non-hydrogen) atoms. The third kappa shape index (κ3) is 1.46. The van der Waals surface area contributed by atoms with E-state index < -0.39 is 0 Å². The lowest BCUT2D eigenvalue weighted by atomic mass is 10.1. The Labute approximate surface area is 93.3 Å². The van der Waals surface area contributed by atoms with Crippen LogP contribution < -0.4 is 11.0 Å². The summed E-state index contributed by atoms with van der Waals surface area (Å²) in [5.41, 5.74) is 1.81. The van der Waals surface area contributed by atoms with Gasteiger partial charge in [-0.05, 0) is 31.4 Å². The van der Waals surface area contributed by atoms with E-state index in [2.05, 4.69) is 10.3 Å². The number of aromatic amines is 1. The van der Waals surface area contributed by atoms with E-state index in [4.69, 9.17) is 0 Å². The van der Waals surface area contributed by atoms with Crippen molar-refractivity contribution in [1.82, 2.24) is 14.9 Å². The summed E-state index contributed by atoms with van der Waals surface area (Å²) in [6.07, 6.45) is 3.30. The zero-order chi connectivity index (χ0) is 11.0. The van der Waals surface area contributed by atoms with Crippen LogP contribution in [-0.4, -0.2) is 16.1 Å². The van der Waals surface area contributed by atoms with Crippen LogP contribution in [0.25, 0.3) is 11.0 Å². The van der Waals surface area contributed by atoms with Gasteiger partial charge in [-0.1, -0.05) is 12.1 Å². The first kappa shape index (κ1) is 9.66. The molecule has 1 aliphatic rings. The van der Waals surface area contributed by atoms with Crippen molar-refractivity contribution in [1.29, 1.82) is 0 Å². The Morgan fingerprint density at radius 1 is 1.31 bits per heavy atom. The average Bonchev–Trinajstić information content (AvgIpc) is 2.66. The Morgan fingerprint density at radius 3 is 3.00 bits per heavy atom. The van der Waals surface area contributed by atoms with Crippen molar-refractivity contribution >= 4 is 11.0 Å². The Bertz CT molecular complexity index is 549. The summed E-state index contributed by atoms with van der Waals surface area (Å²) in [7, 11) is 0. The van der Waals surface area contributed by atoms with Crippen molar-refractivity contribution in [2.45, 2.75) is 25.4 Å². The van der Waals surface area contributed by atoms with Crippen LogP contribution in [-0.2, 0) is 0 Å². The smallest absolute Gasteiger partial charge is 0.305 e. The van der Waals surface area contributed by atoms with Crippen LogP contribution >= 0.6 is 0 Å². The maximum Gasteiger partial charge on any atom is 0.327 e. The number of piperidine rings is 1. The number of para-hydroxylation sites is 2. The average molecular weight is 216 g/mol. The van der Waals surface area contributed by atoms with Gasteiger partial charge >= 0.3 is 5.69 Å². The Hall–Kier alpha value is -1.55. The summed E-state index contributed by atoms with van der Waals surface area (Å²) in [4.78, 5) is 14.8. The molecule has 0 bridgehead atoms. The minimum absolute atomic E-state index is 0.0254. The van der Waals surface area contributed by atoms with Gasteiger partial charge in [0.1, 0.15) is 6.17 Å². The van der Waals surface area contributed by atoms with Gasteiger partial charge in [-0.15, -0.1) is 0 Å². The minimum Gasteiger partial charge on any atom is -0.305 e. The second kappa shape index (κ2) is 3.79. The maximum atomic E-state index is 11.9. The summed E-state index contributed by atoms with van der Waals surface area (Å²) >= 11 is 0. The fourth-order valence-corrected chi connectivity index (χ4v) is 2.35. The highest BCUT2D eigenvalue weighted by Crippen LogP contribution is 2.21. The summed E-state index contributed by atoms with van der Waals surface area (Å²) in [5, 5.41) is 4.53. The molecule has 1 aromatic carbocycles. The van der Waals surface area contributed by atoms with Crippen molar-refractivity contribution < 1.29 is 0 Å². The van der Waals surface area contributed by atoms with Gasteiger partial charge in [-0.25, -0.2) is 10.1 Å². The Morgan fingerprint density at radius 2 is 2.19 bits per heavy atom. The van der Waals surface area contributed by atoms with Crippen LogP contribution in [0.15, 0.2) is 29.1 Å². The number of hydrogen-bond donors (Lipinski definition) is 1. The lowest BCUT2D eigenvalue weighted by Gasteiger charge is -2.22. The molecule has 4 heteroatoms. The molecule has 0 aliphatic carbocycles. The van der Waals surface area contributed by atoms with Gasteiger partial charge < -0.3 is 4.98 Å². The molecule has 1 saturated heterocycles. The monoisotopic (exact) mass is 216 g/mol. The molecule has 0 saturated carbocycles. The fourth-order valence-electron chi connectivity index (χ4n) is 2.35. The number of aromatic nitrogens is 2. The van der Waals surface area contributed by atoms with Crippen molar-refractivity contribution in [3.05, 3.63) is 34.7 Å². The molecule has 1 aromatic heterocycles. The molecule has 83 valence electrons. The van der Waals surface area contributed by atoms with Crippen molar-refractivity contribution in [3.8, 4) is 0 Å². The lowest BCUT2D eigenvalue weighted by Crippen LogP contribution is -2.31. The van der Waals surface area contributed by atoms with E-state index in [0.717, 1.165) is 36.8 Å². The van der Waals surface area contributed by atoms with Crippen LogP contribution in [0.1, 0.15) is 25.4 Å². The number of fused-ring (bicyclic) bond motifs is 1. The van der Waals surface area contributed by atoms with Gasteiger partial charge in [0.25, 0.3) is 0 Å². The summed E-state index contributed by atoms with van der Waals surface area (Å²) in [6.45, 7) is 0.872. The van der Waals surface area contributed by atoms with E-state index >= 15 is 0 Å². The number of nitrogens with zero attached hydrogens (tertiary/aromatic N) is 2. The molecule has 1 atom stereocenters. The third-order valence-corrected chi connectivity index (χ3v) is 3.13. The SMILES string of the molecule is O=c1[nH]c2ccccc2n1C1CCCC[N]1. The molecule has 4 nitrogen and oxygen atoms in total. The predicted octanol–water partition coefficient (Wildman–Crippen LogP) is 1.62. The largest absolute Gasteiger partial charge is 0.327 e. The number of rotatable bonds is 1. The van der Waals surface area contributed by atoms with Gasteiger partial charge in [-0.2, -0.15) is 0 Å². The van der Waals surface area contributed by atoms with Crippen LogP contribution in [0.3, 0.4) is 0 Å². The molecule has 2 heterocycles. The molecular weight excluding hydrogens is 202 g/mol. The van der Waals surface area contributed by atoms with E-state index in [1.54, 1.807) is 4.57 Å². The molecule has 0 amide bonds. The van der Waals surface area contributed by atoms with Gasteiger partial charge in [0.2, 0.25) is 0 Å². The second-order valence-corrected chi connectivity index (χ2v) is 4.20. The predicted molar refractivity (Wildman–Crippen MR) is 62.4 cm³/mol. The normalized spacial score (nSPS) is 21.4. The lowest BCUT2D eigenvalue weighted by molar-refractivity contribution is 0.313. The van der Waals surface area contributed by atoms with Crippen LogP contribution in [0, 0.1) is 0 Å². The van der Waals surface area contributed by atoms with E-state index in [-0.39, 0.29) is 11.9 Å². The minimum atomic E-state index is -0.0446. The Balaban J connectivity index is 2.14. The molecular formula is C12H14N3O. The fraction of sp³-hybridized carbons (Fsp3) is 0.417. The third-order valence-electron chi connectivity index (χ3n) is 3.13. The first-order valence-electron chi connectivity index (χ1n) is 5.72. The number of benzene rings is 1. The van der Waals surface area contributed by atoms with Crippen LogP contribution in [0.4, 0.5) is 0 Å². The molecule has 3 rings (SSSR count). The molecule has 0 spiro atoms. The number of hydrogen-bond acceptors (Lipinski definition) is 1. The highest BCUT2D eigenvalue weighted by atomic mass is 16.1. The highest BCUT2D eigenvalue weighted by molar-refractivity contribution is 5.75. The topological polar surface area (TPSA) is 51.9 Å². The summed E-state index contributed by atoms with van der Waals surface area (Å²) in [6, 6.07) is 7.78. The van der Waals surface area contributed by atoms with Crippen molar-refractivity contribution in [3.63, 3.8) is 0 Å². The van der Waals surface area contributed by atoms with Gasteiger partial charge in [-0.3, -0.25) is 4.57 Å². The highest BCUT2D eigenvalue weighted by Gasteiger charge is 2.19. The second-order valence-electron chi connectivity index (χ2n) is 4.20. The number of nitrogens with one attached hydrogen (secondary N) is 1. The number of H-pyrrole nitrogens is 1. The van der Waals surface area contributed by atoms with Crippen molar-refractivity contribution in [2.75, 3.05) is 6.54 Å². The molecule has 1 radical (unpaired) electrons. The first-order chi connectivity index (χ1) is 7.86. The quantitative estimate of drug-likeness (QED) is 0.773. The zero-order valence-electron chi connectivity index (χ0n) is 9.02. The van der Waals surface area contributed by atoms with Gasteiger partial charge in [0.05, 0.1) is 11.0 Å². The van der Waals surface area contributed by atoms with E-state index in [0.29, 0.717) is 0 Å². The van der Waals surface area contributed by atoms with Crippen LogP contribution in [0.5, 0.6) is 0 Å². The van der Waals surface area contributed by atoms with Gasteiger partial charge in [0.15, 0.2) is 0 Å². The van der Waals surface area contributed by atoms with Gasteiger partial charge in [0, 0.05) is 6.54 Å². The molecule has 1 unspecified atom stereocenters. The van der Waals surface area contributed by atoms with E-state index in [1.807, 2.05) is 24.3 Å². The standard InChI is InChI=1S/C12H14N3O/c16-12-14-9-5-1-2-6-10(9)15(12)11-7-3-4-8-13-11/h1-2,5-6,11H,3-4,7-8H2,(H,14,16). The van der Waals surface area contributed by atoms with Crippen molar-refractivity contribution in [2.24, 2.45) is 0 Å². The van der Waals surface area contributed by atoms with E-state index in [1.165, 1.54) is 0 Å². The zero-order valence-corrected chi connectivity index (χ0v) is 9.02. The summed E-state index contributed by atoms with van der Waals surface area (Å²) in [5.74, 6) is 0. The molecule has 2 aromatic rings. The maximum absolute atomic E-state index is 11.9. The first-order valence-corrected chi connectivity index (χ1v) is 5.72. The number of imidazole rings is 1. The van der Waals surface area contributed by atoms with E-state index in [9.17, 15) is 4.79 Å². The molecule has 1 aliphatic heterocycles. The summed E-state index contributed by atoms with van der Waals surface area (Å²) < 4.78 is 1.79. The molecule has 1 fully saturated rings.